The van der Waals surface area contributed by atoms with Crippen LogP contribution in [-0.2, 0) is 30.9 Å². The number of carbonyl (C=O) groups is 2. The number of allylic oxidation sites excluding steroid dienone is 1. The third-order valence-electron chi connectivity index (χ3n) is 5.72. The highest BCUT2D eigenvalue weighted by Crippen LogP contribution is 2.36. The molecule has 3 aromatic rings. The maximum absolute atomic E-state index is 13.4. The van der Waals surface area contributed by atoms with Crippen molar-refractivity contribution in [3.8, 4) is 5.75 Å². The Bertz CT molecular complexity index is 1520. The molecule has 0 fully saturated rings. The lowest BCUT2D eigenvalue weighted by molar-refractivity contribution is -0.136. The minimum absolute atomic E-state index is 0.0602. The number of nitrogens with one attached hydrogen (secondary N) is 1. The Morgan fingerprint density at radius 2 is 1.76 bits per heavy atom. The highest BCUT2D eigenvalue weighted by molar-refractivity contribution is 7.89. The molecule has 2 aromatic carbocycles. The van der Waals surface area contributed by atoms with Crippen LogP contribution >= 0.6 is 11.6 Å². The largest absolute Gasteiger partial charge is 0.494 e. The fourth-order valence-corrected chi connectivity index (χ4v) is 5.04. The summed E-state index contributed by atoms with van der Waals surface area (Å²) in [4.78, 5) is 27.5. The first-order valence-corrected chi connectivity index (χ1v) is 13.4. The van der Waals surface area contributed by atoms with Crippen molar-refractivity contribution in [2.24, 2.45) is 0 Å². The summed E-state index contributed by atoms with van der Waals surface area (Å²) in [7, 11) is -2.56. The van der Waals surface area contributed by atoms with E-state index in [0.29, 0.717) is 34.5 Å². The smallest absolute Gasteiger partial charge is 0.340 e. The van der Waals surface area contributed by atoms with E-state index in [0.717, 1.165) is 0 Å². The number of sulfonamides is 1. The van der Waals surface area contributed by atoms with Gasteiger partial charge in [0.1, 0.15) is 17.3 Å². The molecule has 198 valence electrons. The molecule has 1 amide bonds. The van der Waals surface area contributed by atoms with Gasteiger partial charge in [-0.25, -0.2) is 17.9 Å². The van der Waals surface area contributed by atoms with Gasteiger partial charge in [-0.2, -0.15) is 0 Å². The van der Waals surface area contributed by atoms with Crippen LogP contribution in [0.25, 0.3) is 6.08 Å². The zero-order valence-electron chi connectivity index (χ0n) is 20.9. The van der Waals surface area contributed by atoms with Gasteiger partial charge in [0.15, 0.2) is 0 Å². The maximum atomic E-state index is 13.4. The Morgan fingerprint density at radius 3 is 2.39 bits per heavy atom. The van der Waals surface area contributed by atoms with Crippen molar-refractivity contribution in [1.82, 2.24) is 4.72 Å². The van der Waals surface area contributed by atoms with Crippen LogP contribution in [0.3, 0.4) is 0 Å². The summed E-state index contributed by atoms with van der Waals surface area (Å²) in [5.74, 6) is 0.120. The third-order valence-corrected chi connectivity index (χ3v) is 7.39. The molecule has 0 saturated carbocycles. The molecule has 0 unspecified atom stereocenters. The number of rotatable bonds is 9. The number of methoxy groups -OCH3 is 1. The number of anilines is 1. The Hall–Kier alpha value is -3.86. The highest BCUT2D eigenvalue weighted by atomic mass is 35.5. The van der Waals surface area contributed by atoms with E-state index in [-0.39, 0.29) is 28.3 Å². The molecule has 9 nitrogen and oxygen atoms in total. The van der Waals surface area contributed by atoms with Gasteiger partial charge in [-0.15, -0.1) is 0 Å². The quantitative estimate of drug-likeness (QED) is 0.300. The fourth-order valence-electron chi connectivity index (χ4n) is 3.92. The number of hydrogen-bond acceptors (Lipinski definition) is 7. The van der Waals surface area contributed by atoms with E-state index in [2.05, 4.69) is 4.72 Å². The van der Waals surface area contributed by atoms with Crippen LogP contribution in [0, 0.1) is 0 Å². The number of ether oxygens (including phenoxy) is 2. The van der Waals surface area contributed by atoms with Crippen LogP contribution in [0.5, 0.6) is 5.75 Å². The van der Waals surface area contributed by atoms with Gasteiger partial charge in [0.05, 0.1) is 36.3 Å². The van der Waals surface area contributed by atoms with Crippen LogP contribution in [0.4, 0.5) is 5.69 Å². The van der Waals surface area contributed by atoms with E-state index in [1.54, 1.807) is 43.3 Å². The second kappa shape index (κ2) is 11.3. The zero-order valence-corrected chi connectivity index (χ0v) is 22.4. The lowest BCUT2D eigenvalue weighted by atomic mass is 10.1. The number of amides is 1. The van der Waals surface area contributed by atoms with E-state index in [9.17, 15) is 18.0 Å². The van der Waals surface area contributed by atoms with Gasteiger partial charge in [0.25, 0.3) is 5.91 Å². The summed E-state index contributed by atoms with van der Waals surface area (Å²) >= 11 is 5.83. The molecule has 0 spiro atoms. The molecule has 1 N–H and O–H groups in total. The van der Waals surface area contributed by atoms with Crippen molar-refractivity contribution in [1.29, 1.82) is 0 Å². The van der Waals surface area contributed by atoms with Gasteiger partial charge < -0.3 is 13.9 Å². The predicted molar refractivity (Wildman–Crippen MR) is 142 cm³/mol. The highest BCUT2D eigenvalue weighted by Gasteiger charge is 2.38. The van der Waals surface area contributed by atoms with E-state index < -0.39 is 21.9 Å². The molecule has 1 aliphatic rings. The predicted octanol–water partition coefficient (Wildman–Crippen LogP) is 4.69. The Morgan fingerprint density at radius 1 is 1.08 bits per heavy atom. The fraction of sp³-hybridized carbons (Fsp3) is 0.185. The maximum Gasteiger partial charge on any atom is 0.340 e. The van der Waals surface area contributed by atoms with Crippen molar-refractivity contribution in [2.45, 2.75) is 25.3 Å². The molecular formula is C27H25ClN2O7S. The monoisotopic (exact) mass is 556 g/mol. The lowest BCUT2D eigenvalue weighted by Crippen LogP contribution is -2.24. The van der Waals surface area contributed by atoms with E-state index >= 15 is 0 Å². The average Bonchev–Trinajstić information content (AvgIpc) is 3.45. The molecule has 1 aromatic heterocycles. The molecule has 11 heteroatoms. The summed E-state index contributed by atoms with van der Waals surface area (Å²) in [6, 6.07) is 15.8. The zero-order chi connectivity index (χ0) is 27.4. The standard InChI is InChI=1S/C27H25ClN2O7S/c1-4-36-20-9-7-19(8-10-20)30-17(2)25(27(32)35-3)24(26(30)31)15-21-11-12-22(37-21)16-29-38(33,34)23-13-5-18(28)6-14-23/h5-15,29H,4,16H2,1-3H3/b24-15+. The van der Waals surface area contributed by atoms with Crippen molar-refractivity contribution in [3.63, 3.8) is 0 Å². The summed E-state index contributed by atoms with van der Waals surface area (Å²) < 4.78 is 43.7. The van der Waals surface area contributed by atoms with E-state index in [1.165, 1.54) is 42.4 Å². The van der Waals surface area contributed by atoms with Crippen molar-refractivity contribution in [2.75, 3.05) is 18.6 Å². The molecule has 0 radical (unpaired) electrons. The van der Waals surface area contributed by atoms with E-state index in [1.807, 2.05) is 6.92 Å². The molecule has 38 heavy (non-hydrogen) atoms. The molecular weight excluding hydrogens is 532 g/mol. The molecule has 4 rings (SSSR count). The van der Waals surface area contributed by atoms with Gasteiger partial charge in [-0.05, 0) is 80.6 Å². The van der Waals surface area contributed by atoms with Crippen molar-refractivity contribution in [3.05, 3.63) is 94.1 Å². The number of hydrogen-bond donors (Lipinski definition) is 1. The summed E-state index contributed by atoms with van der Waals surface area (Å²) in [6.07, 6.45) is 1.43. The second-order valence-corrected chi connectivity index (χ2v) is 10.4. The van der Waals surface area contributed by atoms with Crippen molar-refractivity contribution < 1.29 is 31.9 Å². The van der Waals surface area contributed by atoms with Gasteiger partial charge in [0, 0.05) is 16.4 Å². The third kappa shape index (κ3) is 5.67. The van der Waals surface area contributed by atoms with Gasteiger partial charge in [-0.3, -0.25) is 9.69 Å². The van der Waals surface area contributed by atoms with Crippen LogP contribution < -0.4 is 14.4 Å². The molecule has 0 atom stereocenters. The first kappa shape index (κ1) is 27.2. The van der Waals surface area contributed by atoms with Gasteiger partial charge >= 0.3 is 5.97 Å². The minimum atomic E-state index is -3.80. The minimum Gasteiger partial charge on any atom is -0.494 e. The Balaban J connectivity index is 1.58. The average molecular weight is 557 g/mol. The summed E-state index contributed by atoms with van der Waals surface area (Å²) in [5.41, 5.74) is 1.15. The Labute approximate surface area is 225 Å². The normalized spacial score (nSPS) is 14.9. The van der Waals surface area contributed by atoms with Crippen LogP contribution in [0.15, 0.2) is 86.8 Å². The van der Waals surface area contributed by atoms with E-state index in [4.69, 9.17) is 25.5 Å². The molecule has 1 aliphatic heterocycles. The second-order valence-electron chi connectivity index (χ2n) is 8.16. The van der Waals surface area contributed by atoms with Crippen LogP contribution in [-0.4, -0.2) is 34.0 Å². The van der Waals surface area contributed by atoms with Gasteiger partial charge in [0.2, 0.25) is 10.0 Å². The molecule has 0 saturated heterocycles. The number of nitrogens with zero attached hydrogens (tertiary/aromatic N) is 1. The van der Waals surface area contributed by atoms with Gasteiger partial charge in [-0.1, -0.05) is 11.6 Å². The number of benzene rings is 2. The first-order chi connectivity index (χ1) is 18.1. The molecule has 2 heterocycles. The summed E-state index contributed by atoms with van der Waals surface area (Å²) in [5, 5.41) is 0.422. The first-order valence-electron chi connectivity index (χ1n) is 11.6. The lowest BCUT2D eigenvalue weighted by Gasteiger charge is -2.18. The van der Waals surface area contributed by atoms with Crippen molar-refractivity contribution >= 4 is 45.3 Å². The molecule has 0 aliphatic carbocycles. The number of furan rings is 1. The SMILES string of the molecule is CCOc1ccc(N2C(=O)/C(=C/c3ccc(CNS(=O)(=O)c4ccc(Cl)cc4)o3)C(C(=O)OC)=C2C)cc1. The van der Waals surface area contributed by atoms with Crippen LogP contribution in [0.2, 0.25) is 5.02 Å². The number of halogens is 1. The number of carbonyl (C=O) groups excluding carboxylic acids is 2. The topological polar surface area (TPSA) is 115 Å². The number of esters is 1. The summed E-state index contributed by atoms with van der Waals surface area (Å²) in [6.45, 7) is 3.91. The molecule has 0 bridgehead atoms. The Kier molecular flexibility index (Phi) is 8.05. The van der Waals surface area contributed by atoms with Crippen LogP contribution in [0.1, 0.15) is 25.4 Å².